The van der Waals surface area contributed by atoms with Crippen molar-refractivity contribution >= 4 is 23.2 Å². The summed E-state index contributed by atoms with van der Waals surface area (Å²) in [5.74, 6) is -1.72. The first-order chi connectivity index (χ1) is 11.0. The number of hydrogen-bond donors (Lipinski definition) is 2. The number of nitrogens with one attached hydrogen (secondary N) is 2. The molecule has 0 saturated carbocycles. The average molecular weight is 314 g/mol. The summed E-state index contributed by atoms with van der Waals surface area (Å²) in [4.78, 5) is 37.7. The summed E-state index contributed by atoms with van der Waals surface area (Å²) in [7, 11) is 0. The van der Waals surface area contributed by atoms with Gasteiger partial charge in [-0.25, -0.2) is 0 Å². The first kappa shape index (κ1) is 16.1. The molecule has 2 aromatic rings. The van der Waals surface area contributed by atoms with Gasteiger partial charge in [-0.15, -0.1) is 0 Å². The molecule has 0 fully saturated rings. The van der Waals surface area contributed by atoms with Crippen molar-refractivity contribution in [3.63, 3.8) is 0 Å². The van der Waals surface area contributed by atoms with Gasteiger partial charge in [0.05, 0.1) is 10.6 Å². The van der Waals surface area contributed by atoms with E-state index in [0.29, 0.717) is 5.56 Å². The Morgan fingerprint density at radius 2 is 2.04 bits per heavy atom. The van der Waals surface area contributed by atoms with E-state index in [2.05, 4.69) is 15.6 Å². The number of aromatic nitrogens is 1. The lowest BCUT2D eigenvalue weighted by Crippen LogP contribution is -2.35. The number of non-ortho nitro benzene ring substituents is 1. The lowest BCUT2D eigenvalue weighted by molar-refractivity contribution is -0.384. The summed E-state index contributed by atoms with van der Waals surface area (Å²) in [6.07, 6.45) is 3.17. The van der Waals surface area contributed by atoms with E-state index in [1.165, 1.54) is 18.2 Å². The minimum Gasteiger partial charge on any atom is -0.344 e. The Hall–Kier alpha value is -3.29. The normalized spacial score (nSPS) is 9.96. The molecular formula is C15H14N4O4. The first-order valence-corrected chi connectivity index (χ1v) is 6.70. The fraction of sp³-hybridized carbons (Fsp3) is 0.133. The molecule has 0 radical (unpaired) electrons. The highest BCUT2D eigenvalue weighted by Crippen LogP contribution is 2.21. The van der Waals surface area contributed by atoms with Crippen LogP contribution in [0.15, 0.2) is 42.7 Å². The molecule has 0 spiro atoms. The molecule has 0 aliphatic rings. The number of hydrogen-bond acceptors (Lipinski definition) is 5. The van der Waals surface area contributed by atoms with Crippen LogP contribution in [0.3, 0.4) is 0 Å². The van der Waals surface area contributed by atoms with Gasteiger partial charge in [-0.3, -0.25) is 24.7 Å². The van der Waals surface area contributed by atoms with Crippen molar-refractivity contribution in [1.82, 2.24) is 10.3 Å². The van der Waals surface area contributed by atoms with Crippen LogP contribution in [-0.2, 0) is 16.1 Å². The molecular weight excluding hydrogens is 300 g/mol. The van der Waals surface area contributed by atoms with Crippen LogP contribution in [0.25, 0.3) is 0 Å². The van der Waals surface area contributed by atoms with Gasteiger partial charge in [-0.2, -0.15) is 0 Å². The highest BCUT2D eigenvalue weighted by atomic mass is 16.6. The quantitative estimate of drug-likeness (QED) is 0.505. The summed E-state index contributed by atoms with van der Waals surface area (Å²) >= 11 is 0. The van der Waals surface area contributed by atoms with E-state index in [1.54, 1.807) is 31.5 Å². The van der Waals surface area contributed by atoms with Crippen molar-refractivity contribution in [2.45, 2.75) is 13.5 Å². The number of carbonyl (C=O) groups is 2. The topological polar surface area (TPSA) is 114 Å². The van der Waals surface area contributed by atoms with Gasteiger partial charge in [-0.05, 0) is 24.1 Å². The maximum absolute atomic E-state index is 11.9. The Morgan fingerprint density at radius 3 is 2.70 bits per heavy atom. The highest BCUT2D eigenvalue weighted by molar-refractivity contribution is 6.39. The van der Waals surface area contributed by atoms with Crippen LogP contribution in [0.5, 0.6) is 0 Å². The van der Waals surface area contributed by atoms with E-state index in [0.717, 1.165) is 5.56 Å². The van der Waals surface area contributed by atoms with E-state index >= 15 is 0 Å². The van der Waals surface area contributed by atoms with E-state index in [4.69, 9.17) is 0 Å². The lowest BCUT2D eigenvalue weighted by atomic mass is 10.2. The molecule has 1 aromatic carbocycles. The van der Waals surface area contributed by atoms with Crippen molar-refractivity contribution in [2.24, 2.45) is 0 Å². The number of benzene rings is 1. The molecule has 0 saturated heterocycles. The van der Waals surface area contributed by atoms with Gasteiger partial charge in [0.1, 0.15) is 0 Å². The van der Waals surface area contributed by atoms with Gasteiger partial charge in [0.25, 0.3) is 5.69 Å². The van der Waals surface area contributed by atoms with Crippen LogP contribution in [0, 0.1) is 17.0 Å². The molecule has 0 aliphatic heterocycles. The van der Waals surface area contributed by atoms with Crippen molar-refractivity contribution in [1.29, 1.82) is 0 Å². The predicted octanol–water partition coefficient (Wildman–Crippen LogP) is 1.55. The van der Waals surface area contributed by atoms with Gasteiger partial charge >= 0.3 is 11.8 Å². The number of rotatable bonds is 4. The van der Waals surface area contributed by atoms with Crippen LogP contribution in [0.1, 0.15) is 11.1 Å². The molecule has 23 heavy (non-hydrogen) atoms. The number of nitrogens with zero attached hydrogens (tertiary/aromatic N) is 2. The number of nitro groups is 1. The molecule has 2 rings (SSSR count). The summed E-state index contributed by atoms with van der Waals surface area (Å²) in [5.41, 5.74) is 1.42. The summed E-state index contributed by atoms with van der Waals surface area (Å²) < 4.78 is 0. The standard InChI is InChI=1S/C15H14N4O4/c1-10-4-5-12(19(22)23)7-13(10)18-15(21)14(20)17-9-11-3-2-6-16-8-11/h2-8H,9H2,1H3,(H,17,20)(H,18,21). The Morgan fingerprint density at radius 1 is 1.26 bits per heavy atom. The second kappa shape index (κ2) is 7.12. The second-order valence-electron chi connectivity index (χ2n) is 4.75. The van der Waals surface area contributed by atoms with Crippen LogP contribution in [-0.4, -0.2) is 21.7 Å². The largest absolute Gasteiger partial charge is 0.344 e. The first-order valence-electron chi connectivity index (χ1n) is 6.70. The van der Waals surface area contributed by atoms with Crippen molar-refractivity contribution in [3.05, 3.63) is 64.0 Å². The van der Waals surface area contributed by atoms with Gasteiger partial charge in [0.15, 0.2) is 0 Å². The molecule has 0 unspecified atom stereocenters. The minimum absolute atomic E-state index is 0.161. The molecule has 8 heteroatoms. The van der Waals surface area contributed by atoms with E-state index in [9.17, 15) is 19.7 Å². The van der Waals surface area contributed by atoms with Crippen molar-refractivity contribution < 1.29 is 14.5 Å². The predicted molar refractivity (Wildman–Crippen MR) is 82.5 cm³/mol. The molecule has 0 atom stereocenters. The number of carbonyl (C=O) groups excluding carboxylic acids is 2. The smallest absolute Gasteiger partial charge is 0.313 e. The number of pyridine rings is 1. The molecule has 8 nitrogen and oxygen atoms in total. The van der Waals surface area contributed by atoms with Crippen LogP contribution in [0.2, 0.25) is 0 Å². The monoisotopic (exact) mass is 314 g/mol. The SMILES string of the molecule is Cc1ccc([N+](=O)[O-])cc1NC(=O)C(=O)NCc1cccnc1. The number of anilines is 1. The second-order valence-corrected chi connectivity index (χ2v) is 4.75. The van der Waals surface area contributed by atoms with Crippen molar-refractivity contribution in [2.75, 3.05) is 5.32 Å². The highest BCUT2D eigenvalue weighted by Gasteiger charge is 2.16. The van der Waals surface area contributed by atoms with Crippen molar-refractivity contribution in [3.8, 4) is 0 Å². The maximum atomic E-state index is 11.9. The van der Waals surface area contributed by atoms with E-state index < -0.39 is 16.7 Å². The summed E-state index contributed by atoms with van der Waals surface area (Å²) in [6, 6.07) is 7.51. The van der Waals surface area contributed by atoms with E-state index in [1.807, 2.05) is 0 Å². The molecule has 2 N–H and O–H groups in total. The third kappa shape index (κ3) is 4.34. The number of amides is 2. The fourth-order valence-corrected chi connectivity index (χ4v) is 1.80. The zero-order valence-electron chi connectivity index (χ0n) is 12.3. The molecule has 0 aliphatic carbocycles. The molecule has 118 valence electrons. The summed E-state index contributed by atoms with van der Waals surface area (Å²) in [5, 5.41) is 15.6. The van der Waals surface area contributed by atoms with Crippen LogP contribution >= 0.6 is 0 Å². The maximum Gasteiger partial charge on any atom is 0.313 e. The Balaban J connectivity index is 1.99. The van der Waals surface area contributed by atoms with Gasteiger partial charge in [0.2, 0.25) is 0 Å². The van der Waals surface area contributed by atoms with E-state index in [-0.39, 0.29) is 17.9 Å². The zero-order valence-corrected chi connectivity index (χ0v) is 12.3. The van der Waals surface area contributed by atoms with Gasteiger partial charge in [0, 0.05) is 31.1 Å². The van der Waals surface area contributed by atoms with Crippen LogP contribution < -0.4 is 10.6 Å². The molecule has 1 aromatic heterocycles. The zero-order chi connectivity index (χ0) is 16.8. The average Bonchev–Trinajstić information content (AvgIpc) is 2.55. The Labute approximate surface area is 131 Å². The Bertz CT molecular complexity index is 746. The fourth-order valence-electron chi connectivity index (χ4n) is 1.80. The third-order valence-corrected chi connectivity index (χ3v) is 3.06. The summed E-state index contributed by atoms with van der Waals surface area (Å²) in [6.45, 7) is 1.83. The molecule has 1 heterocycles. The molecule has 2 amide bonds. The number of nitro benzene ring substituents is 1. The third-order valence-electron chi connectivity index (χ3n) is 3.06. The minimum atomic E-state index is -0.891. The Kier molecular flexibility index (Phi) is 4.98. The van der Waals surface area contributed by atoms with Gasteiger partial charge in [-0.1, -0.05) is 12.1 Å². The van der Waals surface area contributed by atoms with Gasteiger partial charge < -0.3 is 10.6 Å². The lowest BCUT2D eigenvalue weighted by Gasteiger charge is -2.08. The molecule has 0 bridgehead atoms. The van der Waals surface area contributed by atoms with Crippen LogP contribution in [0.4, 0.5) is 11.4 Å². The number of aryl methyl sites for hydroxylation is 1.